The molecular weight excluding hydrogens is 160 g/mol. The van der Waals surface area contributed by atoms with E-state index in [-0.39, 0.29) is 5.69 Å². The molecule has 0 aromatic heterocycles. The molecule has 1 aromatic carbocycles. The summed E-state index contributed by atoms with van der Waals surface area (Å²) in [6.07, 6.45) is 0. The van der Waals surface area contributed by atoms with E-state index in [0.717, 1.165) is 0 Å². The highest BCUT2D eigenvalue weighted by molar-refractivity contribution is 5.44. The average molecular weight is 166 g/mol. The van der Waals surface area contributed by atoms with Crippen LogP contribution in [0.4, 0.5) is 11.4 Å². The molecule has 0 saturated heterocycles. The Balaban J connectivity index is 0.000000561. The van der Waals surface area contributed by atoms with E-state index >= 15 is 0 Å². The molecule has 0 heterocycles. The van der Waals surface area contributed by atoms with E-state index in [0.29, 0.717) is 5.69 Å². The molecule has 0 aliphatic heterocycles. The van der Waals surface area contributed by atoms with Gasteiger partial charge in [-0.15, -0.1) is 0 Å². The molecule has 0 saturated carbocycles. The van der Waals surface area contributed by atoms with Crippen LogP contribution in [0.1, 0.15) is 0 Å². The van der Waals surface area contributed by atoms with Crippen molar-refractivity contribution in [1.82, 2.24) is 0 Å². The molecule has 0 atom stereocenters. The zero-order valence-electron chi connectivity index (χ0n) is 6.04. The molecule has 2 N–H and O–H groups in total. The van der Waals surface area contributed by atoms with Crippen LogP contribution >= 0.6 is 0 Å². The van der Waals surface area contributed by atoms with E-state index in [1.54, 1.807) is 0 Å². The van der Waals surface area contributed by atoms with Gasteiger partial charge >= 0.3 is 0 Å². The smallest absolute Gasteiger partial charge is 0.269 e. The zero-order chi connectivity index (χ0) is 9.56. The predicted octanol–water partition coefficient (Wildman–Crippen LogP) is 1.21. The topological polar surface area (TPSA) is 117 Å². The van der Waals surface area contributed by atoms with Crippen LogP contribution in [0.5, 0.6) is 0 Å². The third-order valence-corrected chi connectivity index (χ3v) is 1.10. The summed E-state index contributed by atoms with van der Waals surface area (Å²) < 4.78 is 0. The predicted molar refractivity (Wildman–Crippen MR) is 41.0 cm³/mol. The maximum Gasteiger partial charge on any atom is 0.269 e. The third kappa shape index (κ3) is 2.62. The van der Waals surface area contributed by atoms with Crippen molar-refractivity contribution in [2.24, 2.45) is 0 Å². The van der Waals surface area contributed by atoms with Crippen molar-refractivity contribution in [2.45, 2.75) is 0 Å². The Hall–Kier alpha value is -2.16. The lowest BCUT2D eigenvalue weighted by Gasteiger charge is -1.90. The quantitative estimate of drug-likeness (QED) is 0.291. The third-order valence-electron chi connectivity index (χ3n) is 1.10. The lowest BCUT2D eigenvalue weighted by Crippen LogP contribution is -1.88. The minimum Gasteiger partial charge on any atom is -0.399 e. The number of hydrogen-bond donors (Lipinski definition) is 1. The van der Waals surface area contributed by atoms with Crippen LogP contribution in [0, 0.1) is 20.9 Å². The molecule has 12 heavy (non-hydrogen) atoms. The van der Waals surface area contributed by atoms with Gasteiger partial charge in [0.05, 0.1) is 4.92 Å². The summed E-state index contributed by atoms with van der Waals surface area (Å²) in [5.41, 5.74) is 5.90. The highest BCUT2D eigenvalue weighted by Gasteiger charge is 2.00. The first-order valence-corrected chi connectivity index (χ1v) is 2.90. The second-order valence-electron chi connectivity index (χ2n) is 1.85. The molecule has 6 nitrogen and oxygen atoms in total. The second kappa shape index (κ2) is 4.62. The number of rotatable bonds is 1. The van der Waals surface area contributed by atoms with E-state index in [4.69, 9.17) is 16.5 Å². The van der Waals surface area contributed by atoms with Gasteiger partial charge in [0.1, 0.15) is 0 Å². The number of benzene rings is 1. The second-order valence-corrected chi connectivity index (χ2v) is 1.85. The number of nitrogen functional groups attached to an aromatic ring is 1. The molecule has 62 valence electrons. The Morgan fingerprint density at radius 1 is 1.25 bits per heavy atom. The molecule has 0 unspecified atom stereocenters. The van der Waals surface area contributed by atoms with Crippen LogP contribution in [0.15, 0.2) is 24.3 Å². The number of nitrogens with two attached hydrogens (primary N) is 1. The van der Waals surface area contributed by atoms with Gasteiger partial charge in [0, 0.05) is 28.6 Å². The van der Waals surface area contributed by atoms with Gasteiger partial charge in [-0.3, -0.25) is 10.1 Å². The van der Waals surface area contributed by atoms with Crippen molar-refractivity contribution in [3.63, 3.8) is 0 Å². The molecule has 1 rings (SSSR count). The lowest BCUT2D eigenvalue weighted by atomic mass is 10.3. The van der Waals surface area contributed by atoms with Gasteiger partial charge in [0.15, 0.2) is 0 Å². The normalized spacial score (nSPS) is 7.83. The van der Waals surface area contributed by atoms with Crippen molar-refractivity contribution in [3.05, 3.63) is 34.4 Å². The molecule has 0 bridgehead atoms. The van der Waals surface area contributed by atoms with Crippen molar-refractivity contribution in [3.8, 4) is 0 Å². The van der Waals surface area contributed by atoms with Crippen molar-refractivity contribution in [1.29, 1.82) is 10.8 Å². The van der Waals surface area contributed by atoms with Gasteiger partial charge < -0.3 is 5.73 Å². The molecule has 0 fully saturated rings. The number of nitro groups is 1. The number of hydrogen-bond acceptors (Lipinski definition) is 5. The van der Waals surface area contributed by atoms with E-state index in [2.05, 4.69) is 0 Å². The molecule has 1 aromatic rings. The number of non-ortho nitro benzene ring substituents is 1. The molecule has 6 heteroatoms. The van der Waals surface area contributed by atoms with Crippen molar-refractivity contribution in [2.75, 3.05) is 5.73 Å². The number of nitro benzene ring substituents is 1. The molecule has 0 amide bonds. The first-order chi connectivity index (χ1) is 5.70. The van der Waals surface area contributed by atoms with E-state index in [9.17, 15) is 10.1 Å². The van der Waals surface area contributed by atoms with Crippen LogP contribution in [-0.4, -0.2) is 4.92 Å². The van der Waals surface area contributed by atoms with Crippen LogP contribution in [0.25, 0.3) is 0 Å². The molecule has 0 aliphatic carbocycles. The SMILES string of the molecule is N#N.Nc1ccc([N+](=O)[O-])cc1. The summed E-state index contributed by atoms with van der Waals surface area (Å²) in [7, 11) is 0. The molecular formula is C6H6N4O2. The van der Waals surface area contributed by atoms with Gasteiger partial charge in [-0.2, -0.15) is 0 Å². The minimum atomic E-state index is -0.459. The van der Waals surface area contributed by atoms with E-state index < -0.39 is 4.92 Å². The number of nitrogens with zero attached hydrogens (tertiary/aromatic N) is 3. The summed E-state index contributed by atoms with van der Waals surface area (Å²) in [5.74, 6) is 0. The summed E-state index contributed by atoms with van der Waals surface area (Å²) in [4.78, 5) is 9.62. The zero-order valence-corrected chi connectivity index (χ0v) is 6.04. The van der Waals surface area contributed by atoms with Gasteiger partial charge in [-0.1, -0.05) is 0 Å². The fraction of sp³-hybridized carbons (Fsp3) is 0. The summed E-state index contributed by atoms with van der Waals surface area (Å²) >= 11 is 0. The summed E-state index contributed by atoms with van der Waals surface area (Å²) in [5, 5.41) is 22.1. The van der Waals surface area contributed by atoms with Crippen LogP contribution < -0.4 is 5.73 Å². The Bertz CT molecular complexity index is 279. The summed E-state index contributed by atoms with van der Waals surface area (Å²) in [6, 6.07) is 5.74. The monoisotopic (exact) mass is 166 g/mol. The Labute approximate surface area is 68.2 Å². The molecule has 0 aliphatic rings. The first-order valence-electron chi connectivity index (χ1n) is 2.90. The van der Waals surface area contributed by atoms with Crippen LogP contribution in [-0.2, 0) is 0 Å². The first kappa shape index (κ1) is 9.84. The highest BCUT2D eigenvalue weighted by atomic mass is 16.6. The maximum absolute atomic E-state index is 10.1. The fourth-order valence-electron chi connectivity index (χ4n) is 0.596. The minimum absolute atomic E-state index is 0.0641. The lowest BCUT2D eigenvalue weighted by molar-refractivity contribution is -0.384. The Kier molecular flexibility index (Phi) is 3.79. The number of anilines is 1. The largest absolute Gasteiger partial charge is 0.399 e. The average Bonchev–Trinajstić information content (AvgIpc) is 2.09. The van der Waals surface area contributed by atoms with Crippen molar-refractivity contribution >= 4 is 11.4 Å². The maximum atomic E-state index is 10.1. The van der Waals surface area contributed by atoms with Crippen LogP contribution in [0.2, 0.25) is 0 Å². The van der Waals surface area contributed by atoms with E-state index in [1.165, 1.54) is 24.3 Å². The fourth-order valence-corrected chi connectivity index (χ4v) is 0.596. The van der Waals surface area contributed by atoms with Gasteiger partial charge in [0.2, 0.25) is 0 Å². The van der Waals surface area contributed by atoms with Crippen molar-refractivity contribution < 1.29 is 4.92 Å². The van der Waals surface area contributed by atoms with Gasteiger partial charge in [-0.25, -0.2) is 0 Å². The Morgan fingerprint density at radius 2 is 1.67 bits per heavy atom. The van der Waals surface area contributed by atoms with E-state index in [1.807, 2.05) is 0 Å². The Morgan fingerprint density at radius 3 is 2.00 bits per heavy atom. The van der Waals surface area contributed by atoms with Gasteiger partial charge in [-0.05, 0) is 12.1 Å². The summed E-state index contributed by atoms with van der Waals surface area (Å²) in [6.45, 7) is 0. The molecule has 0 radical (unpaired) electrons. The van der Waals surface area contributed by atoms with Crippen LogP contribution in [0.3, 0.4) is 0 Å². The standard InChI is InChI=1S/C6H6N2O2.N2/c7-5-1-3-6(4-2-5)8(9)10;1-2/h1-4H,7H2;. The highest BCUT2D eigenvalue weighted by Crippen LogP contribution is 2.11. The molecule has 0 spiro atoms. The van der Waals surface area contributed by atoms with Gasteiger partial charge in [0.25, 0.3) is 5.69 Å².